The summed E-state index contributed by atoms with van der Waals surface area (Å²) < 4.78 is 1.96. The van der Waals surface area contributed by atoms with Gasteiger partial charge < -0.3 is 0 Å². The molecule has 2 aromatic rings. The second-order valence-electron chi connectivity index (χ2n) is 6.94. The van der Waals surface area contributed by atoms with Gasteiger partial charge in [-0.3, -0.25) is 4.57 Å². The molecule has 3 heteroatoms. The van der Waals surface area contributed by atoms with Gasteiger partial charge in [0.1, 0.15) is 0 Å². The Labute approximate surface area is 180 Å². The van der Waals surface area contributed by atoms with Crippen molar-refractivity contribution < 1.29 is 0 Å². The fourth-order valence-corrected chi connectivity index (χ4v) is 2.67. The zero-order valence-electron chi connectivity index (χ0n) is 17.8. The molecule has 0 spiro atoms. The minimum Gasteiger partial charge on any atom is -0.282 e. The van der Waals surface area contributed by atoms with Crippen molar-refractivity contribution in [3.05, 3.63) is 117 Å². The van der Waals surface area contributed by atoms with E-state index in [9.17, 15) is 0 Å². The van der Waals surface area contributed by atoms with Gasteiger partial charge in [0.15, 0.2) is 11.6 Å². The van der Waals surface area contributed by atoms with Crippen LogP contribution in [0.5, 0.6) is 0 Å². The Bertz CT molecular complexity index is 1020. The van der Waals surface area contributed by atoms with E-state index in [2.05, 4.69) is 56.4 Å². The van der Waals surface area contributed by atoms with Crippen LogP contribution in [0.15, 0.2) is 105 Å². The largest absolute Gasteiger partial charge is 0.282 e. The summed E-state index contributed by atoms with van der Waals surface area (Å²) in [5.41, 5.74) is 3.74. The van der Waals surface area contributed by atoms with E-state index in [-0.39, 0.29) is 0 Å². The van der Waals surface area contributed by atoms with Crippen LogP contribution < -0.4 is 0 Å². The second-order valence-corrected chi connectivity index (χ2v) is 6.94. The molecule has 0 aliphatic carbocycles. The van der Waals surface area contributed by atoms with E-state index in [4.69, 9.17) is 0 Å². The third-order valence-electron chi connectivity index (χ3n) is 4.30. The predicted octanol–water partition coefficient (Wildman–Crippen LogP) is 7.14. The average Bonchev–Trinajstić information content (AvgIpc) is 3.17. The van der Waals surface area contributed by atoms with Crippen LogP contribution in [-0.2, 0) is 0 Å². The fourth-order valence-electron chi connectivity index (χ4n) is 2.67. The van der Waals surface area contributed by atoms with Crippen LogP contribution in [0.25, 0.3) is 28.7 Å². The van der Waals surface area contributed by atoms with E-state index in [1.807, 2.05) is 65.4 Å². The van der Waals surface area contributed by atoms with Crippen LogP contribution in [0.4, 0.5) is 0 Å². The summed E-state index contributed by atoms with van der Waals surface area (Å²) >= 11 is 0. The van der Waals surface area contributed by atoms with Crippen LogP contribution in [0.1, 0.15) is 25.2 Å². The van der Waals surface area contributed by atoms with Gasteiger partial charge in [0.2, 0.25) is 0 Å². The lowest BCUT2D eigenvalue weighted by Crippen LogP contribution is -1.97. The molecule has 0 bridgehead atoms. The maximum absolute atomic E-state index is 4.45. The lowest BCUT2D eigenvalue weighted by atomic mass is 10.1. The quantitative estimate of drug-likeness (QED) is 0.400. The molecule has 1 aromatic carbocycles. The van der Waals surface area contributed by atoms with Crippen LogP contribution in [-0.4, -0.2) is 14.8 Å². The summed E-state index contributed by atoms with van der Waals surface area (Å²) in [6.45, 7) is 19.7. The topological polar surface area (TPSA) is 30.7 Å². The van der Waals surface area contributed by atoms with Crippen molar-refractivity contribution >= 4 is 17.3 Å². The zero-order valence-corrected chi connectivity index (χ0v) is 17.8. The molecule has 0 saturated carbocycles. The summed E-state index contributed by atoms with van der Waals surface area (Å²) in [6, 6.07) is 8.04. The highest BCUT2D eigenvalue weighted by atomic mass is 15.3. The van der Waals surface area contributed by atoms with Crippen molar-refractivity contribution in [1.29, 1.82) is 0 Å². The lowest BCUT2D eigenvalue weighted by Gasteiger charge is -2.07. The third kappa shape index (κ3) is 5.89. The van der Waals surface area contributed by atoms with Crippen molar-refractivity contribution in [3.8, 4) is 11.4 Å². The molecular weight excluding hydrogens is 366 g/mol. The second kappa shape index (κ2) is 11.3. The molecule has 1 heterocycles. The van der Waals surface area contributed by atoms with Gasteiger partial charge in [-0.1, -0.05) is 113 Å². The molecule has 3 nitrogen and oxygen atoms in total. The summed E-state index contributed by atoms with van der Waals surface area (Å²) in [5.74, 6) is 1.93. The molecule has 0 saturated heterocycles. The Morgan fingerprint density at radius 1 is 0.933 bits per heavy atom. The molecule has 0 N–H and O–H groups in total. The van der Waals surface area contributed by atoms with Crippen LogP contribution in [0, 0.1) is 5.92 Å². The zero-order chi connectivity index (χ0) is 21.9. The predicted molar refractivity (Wildman–Crippen MR) is 132 cm³/mol. The molecule has 2 rings (SSSR count). The van der Waals surface area contributed by atoms with E-state index in [0.717, 1.165) is 33.9 Å². The summed E-state index contributed by atoms with van der Waals surface area (Å²) in [7, 11) is 0. The van der Waals surface area contributed by atoms with Crippen molar-refractivity contribution in [1.82, 2.24) is 14.8 Å². The third-order valence-corrected chi connectivity index (χ3v) is 4.30. The first-order valence-electron chi connectivity index (χ1n) is 9.86. The minimum absolute atomic E-state index is 0.466. The molecule has 0 aliphatic rings. The molecule has 152 valence electrons. The molecule has 1 aromatic heterocycles. The van der Waals surface area contributed by atoms with Gasteiger partial charge in [0, 0.05) is 17.3 Å². The first kappa shape index (κ1) is 22.6. The highest BCUT2D eigenvalue weighted by molar-refractivity contribution is 5.76. The number of aromatic nitrogens is 3. The van der Waals surface area contributed by atoms with Crippen LogP contribution >= 0.6 is 0 Å². The number of rotatable bonds is 10. The molecule has 0 amide bonds. The van der Waals surface area contributed by atoms with Gasteiger partial charge in [-0.2, -0.15) is 0 Å². The Morgan fingerprint density at radius 2 is 1.67 bits per heavy atom. The fraction of sp³-hybridized carbons (Fsp3) is 0.111. The first-order valence-corrected chi connectivity index (χ1v) is 9.86. The van der Waals surface area contributed by atoms with Gasteiger partial charge in [-0.25, -0.2) is 0 Å². The Hall–Kier alpha value is -3.72. The summed E-state index contributed by atoms with van der Waals surface area (Å²) in [4.78, 5) is 0. The SMILES string of the molecule is C=C/C=C\C=C\n1c(/C(C=C)=C/C=C/C(C)C)nnc1-c1ccc(C(=C)C=C)cc1. The van der Waals surface area contributed by atoms with E-state index in [1.165, 1.54) is 0 Å². The summed E-state index contributed by atoms with van der Waals surface area (Å²) in [6.07, 6.45) is 19.1. The Balaban J connectivity index is 2.55. The number of benzene rings is 1. The Morgan fingerprint density at radius 3 is 2.27 bits per heavy atom. The highest BCUT2D eigenvalue weighted by Crippen LogP contribution is 2.25. The standard InChI is InChI=1S/C27H29N3/c1-7-10-11-12-20-30-26(23(9-3)15-13-14-21(4)5)28-29-27(30)25-18-16-24(17-19-25)22(6)8-2/h7-21H,1-3,6H2,4-5H3/b11-10-,14-13+,20-12+,23-15+. The van der Waals surface area contributed by atoms with Crippen molar-refractivity contribution in [2.75, 3.05) is 0 Å². The molecule has 0 aliphatic heterocycles. The minimum atomic E-state index is 0.466. The van der Waals surface area contributed by atoms with Crippen molar-refractivity contribution in [2.45, 2.75) is 13.8 Å². The summed E-state index contributed by atoms with van der Waals surface area (Å²) in [5, 5.41) is 8.90. The first-order chi connectivity index (χ1) is 14.5. The van der Waals surface area contributed by atoms with Crippen molar-refractivity contribution in [3.63, 3.8) is 0 Å². The van der Waals surface area contributed by atoms with E-state index in [0.29, 0.717) is 5.92 Å². The molecule has 0 fully saturated rings. The number of hydrogen-bond acceptors (Lipinski definition) is 2. The van der Waals surface area contributed by atoms with Crippen LogP contribution in [0.2, 0.25) is 0 Å². The maximum Gasteiger partial charge on any atom is 0.168 e. The van der Waals surface area contributed by atoms with Gasteiger partial charge in [-0.15, -0.1) is 10.2 Å². The normalized spacial score (nSPS) is 12.3. The number of hydrogen-bond donors (Lipinski definition) is 0. The molecule has 0 radical (unpaired) electrons. The van der Waals surface area contributed by atoms with Crippen molar-refractivity contribution in [2.24, 2.45) is 5.92 Å². The average molecular weight is 396 g/mol. The number of nitrogens with zero attached hydrogens (tertiary/aromatic N) is 3. The maximum atomic E-state index is 4.45. The Kier molecular flexibility index (Phi) is 8.52. The molecule has 30 heavy (non-hydrogen) atoms. The number of allylic oxidation sites excluding steroid dienone is 11. The van der Waals surface area contributed by atoms with E-state index < -0.39 is 0 Å². The van der Waals surface area contributed by atoms with E-state index in [1.54, 1.807) is 18.2 Å². The lowest BCUT2D eigenvalue weighted by molar-refractivity contribution is 0.832. The van der Waals surface area contributed by atoms with Gasteiger partial charge in [0.25, 0.3) is 0 Å². The van der Waals surface area contributed by atoms with E-state index >= 15 is 0 Å². The van der Waals surface area contributed by atoms with Crippen LogP contribution in [0.3, 0.4) is 0 Å². The van der Waals surface area contributed by atoms with Gasteiger partial charge >= 0.3 is 0 Å². The monoisotopic (exact) mass is 395 g/mol. The molecule has 0 atom stereocenters. The molecular formula is C27H29N3. The van der Waals surface area contributed by atoms with Gasteiger partial charge in [-0.05, 0) is 23.1 Å². The molecule has 0 unspecified atom stereocenters. The highest BCUT2D eigenvalue weighted by Gasteiger charge is 2.14. The van der Waals surface area contributed by atoms with Gasteiger partial charge in [0.05, 0.1) is 0 Å². The smallest absolute Gasteiger partial charge is 0.168 e.